The number of ether oxygens (including phenoxy) is 1. The van der Waals surface area contributed by atoms with Crippen LogP contribution in [0.25, 0.3) is 0 Å². The van der Waals surface area contributed by atoms with Crippen LogP contribution >= 0.6 is 11.6 Å². The fourth-order valence-corrected chi connectivity index (χ4v) is 2.71. The molecule has 5 nitrogen and oxygen atoms in total. The molecule has 0 saturated carbocycles. The predicted molar refractivity (Wildman–Crippen MR) is 90.6 cm³/mol. The van der Waals surface area contributed by atoms with E-state index in [4.69, 9.17) is 16.3 Å². The number of halogens is 2. The summed E-state index contributed by atoms with van der Waals surface area (Å²) in [6, 6.07) is 4.11. The largest absolute Gasteiger partial charge is 0.379 e. The third-order valence-corrected chi connectivity index (χ3v) is 4.07. The summed E-state index contributed by atoms with van der Waals surface area (Å²) in [5.74, 6) is -1.26. The van der Waals surface area contributed by atoms with Gasteiger partial charge in [-0.1, -0.05) is 11.6 Å². The lowest BCUT2D eigenvalue weighted by Gasteiger charge is -2.17. The highest BCUT2D eigenvalue weighted by molar-refractivity contribution is 6.31. The lowest BCUT2D eigenvalue weighted by molar-refractivity contribution is -0.126. The van der Waals surface area contributed by atoms with Crippen LogP contribution in [-0.2, 0) is 14.3 Å². The second kappa shape index (κ2) is 8.44. The smallest absolute Gasteiger partial charge is 0.227 e. The van der Waals surface area contributed by atoms with E-state index in [2.05, 4.69) is 5.32 Å². The van der Waals surface area contributed by atoms with Crippen molar-refractivity contribution in [2.75, 3.05) is 24.6 Å². The number of rotatable bonds is 7. The van der Waals surface area contributed by atoms with E-state index in [1.54, 1.807) is 0 Å². The molecule has 1 N–H and O–H groups in total. The molecule has 1 aromatic rings. The molecule has 1 aliphatic rings. The second-order valence-corrected chi connectivity index (χ2v) is 6.48. The number of hydrogen-bond donors (Lipinski definition) is 1. The maximum Gasteiger partial charge on any atom is 0.227 e. The van der Waals surface area contributed by atoms with Crippen molar-refractivity contribution < 1.29 is 18.7 Å². The molecule has 1 fully saturated rings. The maximum atomic E-state index is 13.2. The topological polar surface area (TPSA) is 58.6 Å². The number of carbonyl (C=O) groups excluding carboxylic acids is 2. The van der Waals surface area contributed by atoms with Gasteiger partial charge in [-0.3, -0.25) is 9.59 Å². The summed E-state index contributed by atoms with van der Waals surface area (Å²) in [4.78, 5) is 25.8. The van der Waals surface area contributed by atoms with Gasteiger partial charge in [-0.25, -0.2) is 4.39 Å². The van der Waals surface area contributed by atoms with E-state index < -0.39 is 11.7 Å². The zero-order chi connectivity index (χ0) is 17.7. The Morgan fingerprint density at radius 1 is 1.50 bits per heavy atom. The van der Waals surface area contributed by atoms with Crippen LogP contribution in [0.5, 0.6) is 0 Å². The van der Waals surface area contributed by atoms with Crippen LogP contribution in [0.2, 0.25) is 5.02 Å². The Morgan fingerprint density at radius 3 is 2.92 bits per heavy atom. The Morgan fingerprint density at radius 2 is 2.25 bits per heavy atom. The van der Waals surface area contributed by atoms with E-state index in [9.17, 15) is 14.0 Å². The Balaban J connectivity index is 1.85. The van der Waals surface area contributed by atoms with Crippen LogP contribution in [0, 0.1) is 11.7 Å². The van der Waals surface area contributed by atoms with Gasteiger partial charge in [0.2, 0.25) is 11.8 Å². The average Bonchev–Trinajstić information content (AvgIpc) is 2.91. The minimum atomic E-state index is -0.537. The van der Waals surface area contributed by atoms with Crippen LogP contribution in [-0.4, -0.2) is 37.6 Å². The van der Waals surface area contributed by atoms with E-state index in [1.165, 1.54) is 23.1 Å². The second-order valence-electron chi connectivity index (χ2n) is 6.07. The zero-order valence-corrected chi connectivity index (χ0v) is 14.6. The third-order valence-electron chi connectivity index (χ3n) is 3.78. The molecule has 1 aromatic carbocycles. The maximum absolute atomic E-state index is 13.2. The Bertz CT molecular complexity index is 609. The molecule has 2 rings (SSSR count). The fourth-order valence-electron chi connectivity index (χ4n) is 2.53. The first kappa shape index (κ1) is 18.7. The van der Waals surface area contributed by atoms with Crippen LogP contribution < -0.4 is 10.2 Å². The van der Waals surface area contributed by atoms with Gasteiger partial charge in [0, 0.05) is 31.8 Å². The minimum absolute atomic E-state index is 0.0432. The molecule has 0 bridgehead atoms. The summed E-state index contributed by atoms with van der Waals surface area (Å²) in [6.07, 6.45) is 1.04. The summed E-state index contributed by atoms with van der Waals surface area (Å²) in [6.45, 7) is 5.29. The van der Waals surface area contributed by atoms with E-state index in [1.807, 2.05) is 13.8 Å². The van der Waals surface area contributed by atoms with Crippen LogP contribution in [0.1, 0.15) is 26.7 Å². The van der Waals surface area contributed by atoms with Gasteiger partial charge in [-0.15, -0.1) is 0 Å². The SMILES string of the molecule is CC(C)OCCCNC(=O)C1CC(=O)N(c2ccc(F)c(Cl)c2)C1. The molecule has 0 radical (unpaired) electrons. The van der Waals surface area contributed by atoms with Crippen molar-refractivity contribution in [1.82, 2.24) is 5.32 Å². The highest BCUT2D eigenvalue weighted by Gasteiger charge is 2.35. The minimum Gasteiger partial charge on any atom is -0.379 e. The summed E-state index contributed by atoms with van der Waals surface area (Å²) >= 11 is 5.76. The van der Waals surface area contributed by atoms with Gasteiger partial charge in [-0.05, 0) is 38.5 Å². The van der Waals surface area contributed by atoms with Crippen LogP contribution in [0.3, 0.4) is 0 Å². The van der Waals surface area contributed by atoms with Crippen LogP contribution in [0.15, 0.2) is 18.2 Å². The normalized spacial score (nSPS) is 17.6. The Labute approximate surface area is 146 Å². The van der Waals surface area contributed by atoms with Crippen molar-refractivity contribution >= 4 is 29.1 Å². The lowest BCUT2D eigenvalue weighted by atomic mass is 10.1. The van der Waals surface area contributed by atoms with Gasteiger partial charge >= 0.3 is 0 Å². The average molecular weight is 357 g/mol. The highest BCUT2D eigenvalue weighted by atomic mass is 35.5. The number of nitrogens with zero attached hydrogens (tertiary/aromatic N) is 1. The summed E-state index contributed by atoms with van der Waals surface area (Å²) in [5.41, 5.74) is 0.507. The number of benzene rings is 1. The van der Waals surface area contributed by atoms with Crippen molar-refractivity contribution in [2.24, 2.45) is 5.92 Å². The molecule has 7 heteroatoms. The first-order valence-corrected chi connectivity index (χ1v) is 8.41. The van der Waals surface area contributed by atoms with E-state index in [-0.39, 0.29) is 35.9 Å². The Hall–Kier alpha value is -1.66. The van der Waals surface area contributed by atoms with Crippen molar-refractivity contribution in [3.63, 3.8) is 0 Å². The number of amides is 2. The molecule has 1 heterocycles. The van der Waals surface area contributed by atoms with Crippen LogP contribution in [0.4, 0.5) is 10.1 Å². The van der Waals surface area contributed by atoms with E-state index in [0.717, 1.165) is 6.42 Å². The summed E-state index contributed by atoms with van der Waals surface area (Å²) < 4.78 is 18.6. The molecule has 132 valence electrons. The van der Waals surface area contributed by atoms with Crippen molar-refractivity contribution in [1.29, 1.82) is 0 Å². The molecular weight excluding hydrogens is 335 g/mol. The third kappa shape index (κ3) is 4.92. The predicted octanol–water partition coefficient (Wildman–Crippen LogP) is 2.76. The molecule has 1 atom stereocenters. The van der Waals surface area contributed by atoms with Crippen molar-refractivity contribution in [3.8, 4) is 0 Å². The fraction of sp³-hybridized carbons (Fsp3) is 0.529. The zero-order valence-electron chi connectivity index (χ0n) is 13.9. The molecular formula is C17H22ClFN2O3. The lowest BCUT2D eigenvalue weighted by Crippen LogP contribution is -2.34. The standard InChI is InChI=1S/C17H22ClFN2O3/c1-11(2)24-7-3-6-20-17(23)12-8-16(22)21(10-12)13-4-5-15(19)14(18)9-13/h4-5,9,11-12H,3,6-8,10H2,1-2H3,(H,20,23). The van der Waals surface area contributed by atoms with Gasteiger partial charge in [0.05, 0.1) is 17.0 Å². The molecule has 2 amide bonds. The van der Waals surface area contributed by atoms with Crippen molar-refractivity contribution in [2.45, 2.75) is 32.8 Å². The summed E-state index contributed by atoms with van der Waals surface area (Å²) in [7, 11) is 0. The first-order chi connectivity index (χ1) is 11.4. The van der Waals surface area contributed by atoms with E-state index in [0.29, 0.717) is 18.8 Å². The first-order valence-electron chi connectivity index (χ1n) is 8.03. The molecule has 24 heavy (non-hydrogen) atoms. The number of carbonyl (C=O) groups is 2. The molecule has 0 spiro atoms. The number of hydrogen-bond acceptors (Lipinski definition) is 3. The quantitative estimate of drug-likeness (QED) is 0.764. The monoisotopic (exact) mass is 356 g/mol. The Kier molecular flexibility index (Phi) is 6.57. The van der Waals surface area contributed by atoms with Gasteiger partial charge in [0.25, 0.3) is 0 Å². The number of anilines is 1. The molecule has 0 aliphatic carbocycles. The molecule has 1 unspecified atom stereocenters. The van der Waals surface area contributed by atoms with E-state index >= 15 is 0 Å². The highest BCUT2D eigenvalue weighted by Crippen LogP contribution is 2.28. The van der Waals surface area contributed by atoms with Crippen molar-refractivity contribution in [3.05, 3.63) is 29.0 Å². The van der Waals surface area contributed by atoms with Gasteiger partial charge < -0.3 is 15.0 Å². The number of nitrogens with one attached hydrogen (secondary N) is 1. The molecule has 1 saturated heterocycles. The van der Waals surface area contributed by atoms with Gasteiger partial charge in [-0.2, -0.15) is 0 Å². The van der Waals surface area contributed by atoms with Gasteiger partial charge in [0.1, 0.15) is 5.82 Å². The molecule has 1 aliphatic heterocycles. The van der Waals surface area contributed by atoms with Gasteiger partial charge in [0.15, 0.2) is 0 Å². The summed E-state index contributed by atoms with van der Waals surface area (Å²) in [5, 5.41) is 2.78. The molecule has 0 aromatic heterocycles.